The molecule has 1 aliphatic rings. The molecule has 1 fully saturated rings. The fraction of sp³-hybridized carbons (Fsp3) is 0.192. The number of rotatable bonds is 5. The first-order valence-corrected chi connectivity index (χ1v) is 11.6. The molecule has 0 radical (unpaired) electrons. The zero-order valence-corrected chi connectivity index (χ0v) is 19.2. The lowest BCUT2D eigenvalue weighted by Crippen LogP contribution is -2.41. The number of nitrogens with one attached hydrogen (secondary N) is 1. The van der Waals surface area contributed by atoms with Gasteiger partial charge in [0.15, 0.2) is 5.82 Å². The summed E-state index contributed by atoms with van der Waals surface area (Å²) in [7, 11) is 0. The summed E-state index contributed by atoms with van der Waals surface area (Å²) >= 11 is 6.17. The monoisotopic (exact) mass is 473 g/mol. The van der Waals surface area contributed by atoms with Gasteiger partial charge in [0, 0.05) is 31.4 Å². The lowest BCUT2D eigenvalue weighted by Gasteiger charge is -2.31. The summed E-state index contributed by atoms with van der Waals surface area (Å²) in [5.41, 5.74) is 2.01. The number of nitrogens with zero attached hydrogens (tertiary/aromatic N) is 4. The molecule has 0 bridgehead atoms. The molecule has 172 valence electrons. The smallest absolute Gasteiger partial charge is 0.259 e. The van der Waals surface area contributed by atoms with E-state index in [4.69, 9.17) is 11.6 Å². The second-order valence-corrected chi connectivity index (χ2v) is 8.66. The maximum atomic E-state index is 13.5. The molecule has 2 aromatic carbocycles. The van der Waals surface area contributed by atoms with E-state index < -0.39 is 0 Å². The molecule has 5 rings (SSSR count). The number of piperidine rings is 1. The van der Waals surface area contributed by atoms with Gasteiger partial charge in [-0.2, -0.15) is 5.10 Å². The Morgan fingerprint density at radius 3 is 2.29 bits per heavy atom. The molecule has 8 heteroatoms. The van der Waals surface area contributed by atoms with Gasteiger partial charge in [0.25, 0.3) is 5.91 Å². The number of likely N-dealkylation sites (tertiary alicyclic amines) is 1. The van der Waals surface area contributed by atoms with Crippen LogP contribution in [0.1, 0.15) is 23.2 Å². The van der Waals surface area contributed by atoms with Gasteiger partial charge in [-0.1, -0.05) is 41.9 Å². The average Bonchev–Trinajstić information content (AvgIpc) is 3.56. The number of anilines is 1. The molecular formula is C26H24ClN5O2. The number of carbonyl (C=O) groups is 2. The van der Waals surface area contributed by atoms with E-state index in [9.17, 15) is 9.59 Å². The predicted molar refractivity (Wildman–Crippen MR) is 132 cm³/mol. The Balaban J connectivity index is 1.32. The van der Waals surface area contributed by atoms with Crippen LogP contribution in [-0.2, 0) is 4.79 Å². The van der Waals surface area contributed by atoms with E-state index in [1.165, 1.54) is 0 Å². The van der Waals surface area contributed by atoms with Crippen molar-refractivity contribution in [3.05, 3.63) is 95.9 Å². The Kier molecular flexibility index (Phi) is 6.18. The van der Waals surface area contributed by atoms with Gasteiger partial charge in [-0.15, -0.1) is 0 Å². The molecule has 4 aromatic rings. The van der Waals surface area contributed by atoms with Gasteiger partial charge in [-0.25, -0.2) is 4.68 Å². The molecular weight excluding hydrogens is 450 g/mol. The van der Waals surface area contributed by atoms with Gasteiger partial charge >= 0.3 is 0 Å². The van der Waals surface area contributed by atoms with E-state index in [-0.39, 0.29) is 17.7 Å². The van der Waals surface area contributed by atoms with Crippen molar-refractivity contribution in [3.8, 4) is 11.5 Å². The van der Waals surface area contributed by atoms with Crippen molar-refractivity contribution in [1.82, 2.24) is 19.2 Å². The number of amides is 2. The Labute approximate surface area is 202 Å². The molecule has 1 saturated heterocycles. The molecule has 7 nitrogen and oxygen atoms in total. The second kappa shape index (κ2) is 9.57. The standard InChI is InChI=1S/C26H24ClN5O2/c27-22-10-4-5-11-23(22)29-24(33)19-12-16-31(17-13-19)26(34)21-18-28-32(20-8-2-1-3-9-20)25(21)30-14-6-7-15-30/h1-11,14-15,18-19H,12-13,16-17H2,(H,29,33). The first kappa shape index (κ1) is 22.0. The summed E-state index contributed by atoms with van der Waals surface area (Å²) in [6, 6.07) is 20.8. The van der Waals surface area contributed by atoms with Gasteiger partial charge in [0.05, 0.1) is 22.6 Å². The molecule has 2 amide bonds. The summed E-state index contributed by atoms with van der Waals surface area (Å²) in [4.78, 5) is 28.1. The van der Waals surface area contributed by atoms with Gasteiger partial charge in [0.2, 0.25) is 5.91 Å². The summed E-state index contributed by atoms with van der Waals surface area (Å²) < 4.78 is 3.67. The highest BCUT2D eigenvalue weighted by atomic mass is 35.5. The SMILES string of the molecule is O=C(Nc1ccccc1Cl)C1CCN(C(=O)c2cnn(-c3ccccc3)c2-n2cccc2)CC1. The van der Waals surface area contributed by atoms with Crippen LogP contribution in [0.5, 0.6) is 0 Å². The highest BCUT2D eigenvalue weighted by Crippen LogP contribution is 2.26. The number of halogens is 1. The Bertz CT molecular complexity index is 1290. The van der Waals surface area contributed by atoms with Gasteiger partial charge in [-0.3, -0.25) is 9.59 Å². The van der Waals surface area contributed by atoms with Crippen LogP contribution >= 0.6 is 11.6 Å². The van der Waals surface area contributed by atoms with Crippen molar-refractivity contribution in [1.29, 1.82) is 0 Å². The third-order valence-corrected chi connectivity index (χ3v) is 6.44. The van der Waals surface area contributed by atoms with Crippen molar-refractivity contribution < 1.29 is 9.59 Å². The van der Waals surface area contributed by atoms with Gasteiger partial charge < -0.3 is 14.8 Å². The third-order valence-electron chi connectivity index (χ3n) is 6.11. The van der Waals surface area contributed by atoms with Gasteiger partial charge in [-0.05, 0) is 49.2 Å². The van der Waals surface area contributed by atoms with Gasteiger partial charge in [0.1, 0.15) is 5.56 Å². The molecule has 0 atom stereocenters. The molecule has 1 N–H and O–H groups in total. The van der Waals surface area contributed by atoms with E-state index in [0.717, 1.165) is 5.69 Å². The Morgan fingerprint density at radius 2 is 1.59 bits per heavy atom. The number of carbonyl (C=O) groups excluding carboxylic acids is 2. The summed E-state index contributed by atoms with van der Waals surface area (Å²) in [6.07, 6.45) is 6.61. The predicted octanol–water partition coefficient (Wildman–Crippen LogP) is 4.81. The lowest BCUT2D eigenvalue weighted by molar-refractivity contribution is -0.121. The largest absolute Gasteiger partial charge is 0.338 e. The van der Waals surface area contributed by atoms with Crippen LogP contribution < -0.4 is 5.32 Å². The first-order valence-electron chi connectivity index (χ1n) is 11.2. The molecule has 0 aliphatic carbocycles. The summed E-state index contributed by atoms with van der Waals surface area (Å²) in [6.45, 7) is 1.00. The van der Waals surface area contributed by atoms with Crippen LogP contribution in [0.25, 0.3) is 11.5 Å². The average molecular weight is 474 g/mol. The topological polar surface area (TPSA) is 72.2 Å². The fourth-order valence-corrected chi connectivity index (χ4v) is 4.47. The number of aromatic nitrogens is 3. The van der Waals surface area contributed by atoms with Crippen LogP contribution in [0.2, 0.25) is 5.02 Å². The Morgan fingerprint density at radius 1 is 0.912 bits per heavy atom. The van der Waals surface area contributed by atoms with Crippen LogP contribution in [0.4, 0.5) is 5.69 Å². The number of hydrogen-bond donors (Lipinski definition) is 1. The number of benzene rings is 2. The van der Waals surface area contributed by atoms with Crippen LogP contribution in [0.3, 0.4) is 0 Å². The van der Waals surface area contributed by atoms with E-state index in [1.807, 2.05) is 71.6 Å². The summed E-state index contributed by atoms with van der Waals surface area (Å²) in [5, 5.41) is 7.95. The van der Waals surface area contributed by atoms with E-state index >= 15 is 0 Å². The minimum atomic E-state index is -0.170. The van der Waals surface area contributed by atoms with Crippen molar-refractivity contribution in [2.24, 2.45) is 5.92 Å². The molecule has 3 heterocycles. The van der Waals surface area contributed by atoms with E-state index in [0.29, 0.717) is 48.0 Å². The normalized spacial score (nSPS) is 14.2. The van der Waals surface area contributed by atoms with Crippen LogP contribution in [0, 0.1) is 5.92 Å². The van der Waals surface area contributed by atoms with E-state index in [1.54, 1.807) is 27.9 Å². The highest BCUT2D eigenvalue weighted by molar-refractivity contribution is 6.33. The first-order chi connectivity index (χ1) is 16.6. The summed E-state index contributed by atoms with van der Waals surface area (Å²) in [5.74, 6) is 0.372. The quantitative estimate of drug-likeness (QED) is 0.452. The zero-order chi connectivity index (χ0) is 23.5. The maximum Gasteiger partial charge on any atom is 0.259 e. The third kappa shape index (κ3) is 4.34. The molecule has 2 aromatic heterocycles. The van der Waals surface area contributed by atoms with Crippen molar-refractivity contribution in [3.63, 3.8) is 0 Å². The number of para-hydroxylation sites is 2. The van der Waals surface area contributed by atoms with Crippen LogP contribution in [-0.4, -0.2) is 44.2 Å². The minimum absolute atomic E-state index is 0.0647. The fourth-order valence-electron chi connectivity index (χ4n) is 4.29. The highest BCUT2D eigenvalue weighted by Gasteiger charge is 2.30. The Hall–Kier alpha value is -3.84. The molecule has 1 aliphatic heterocycles. The minimum Gasteiger partial charge on any atom is -0.338 e. The van der Waals surface area contributed by atoms with Crippen molar-refractivity contribution in [2.75, 3.05) is 18.4 Å². The molecule has 34 heavy (non-hydrogen) atoms. The van der Waals surface area contributed by atoms with Crippen molar-refractivity contribution in [2.45, 2.75) is 12.8 Å². The number of hydrogen-bond acceptors (Lipinski definition) is 3. The second-order valence-electron chi connectivity index (χ2n) is 8.26. The van der Waals surface area contributed by atoms with Crippen LogP contribution in [0.15, 0.2) is 85.3 Å². The molecule has 0 unspecified atom stereocenters. The lowest BCUT2D eigenvalue weighted by atomic mass is 9.95. The van der Waals surface area contributed by atoms with Crippen molar-refractivity contribution >= 4 is 29.1 Å². The zero-order valence-electron chi connectivity index (χ0n) is 18.5. The van der Waals surface area contributed by atoms with E-state index in [2.05, 4.69) is 10.4 Å². The molecule has 0 saturated carbocycles. The maximum absolute atomic E-state index is 13.5. The molecule has 0 spiro atoms.